The molecule has 0 aromatic heterocycles. The van der Waals surface area contributed by atoms with Crippen LogP contribution in [0.2, 0.25) is 0 Å². The largest absolute Gasteiger partial charge is 0.352 e. The summed E-state index contributed by atoms with van der Waals surface area (Å²) >= 11 is 0. The summed E-state index contributed by atoms with van der Waals surface area (Å²) in [6, 6.07) is 14.0. The van der Waals surface area contributed by atoms with Crippen LogP contribution in [0.5, 0.6) is 0 Å². The zero-order chi connectivity index (χ0) is 19.3. The van der Waals surface area contributed by atoms with Gasteiger partial charge in [0.2, 0.25) is 11.8 Å². The van der Waals surface area contributed by atoms with E-state index in [2.05, 4.69) is 15.5 Å². The predicted molar refractivity (Wildman–Crippen MR) is 103 cm³/mol. The van der Waals surface area contributed by atoms with Crippen LogP contribution in [0.4, 0.5) is 10.1 Å². The first-order chi connectivity index (χ1) is 13.6. The Labute approximate surface area is 162 Å². The highest BCUT2D eigenvalue weighted by Crippen LogP contribution is 2.55. The number of fused-ring (bicyclic) bond motifs is 4. The molecule has 6 heteroatoms. The van der Waals surface area contributed by atoms with Crippen molar-refractivity contribution in [3.8, 4) is 0 Å². The first kappa shape index (κ1) is 17.4. The van der Waals surface area contributed by atoms with Gasteiger partial charge in [-0.05, 0) is 49.6 Å². The molecule has 0 saturated carbocycles. The second kappa shape index (κ2) is 6.41. The van der Waals surface area contributed by atoms with Crippen LogP contribution in [0.1, 0.15) is 30.4 Å². The third kappa shape index (κ3) is 2.41. The summed E-state index contributed by atoms with van der Waals surface area (Å²) in [5.74, 6) is -0.961. The number of halogens is 1. The van der Waals surface area contributed by atoms with Crippen molar-refractivity contribution in [2.75, 3.05) is 11.9 Å². The average molecular weight is 379 g/mol. The van der Waals surface area contributed by atoms with E-state index in [1.54, 1.807) is 12.1 Å². The quantitative estimate of drug-likeness (QED) is 0.862. The SMILES string of the molecule is O=C(NCc1ccc(F)cc1)C1CC2CCCN2C12C(=O)Nc1ccccc12. The molecule has 2 aromatic carbocycles. The van der Waals surface area contributed by atoms with Crippen molar-refractivity contribution in [1.29, 1.82) is 0 Å². The fourth-order valence-electron chi connectivity index (χ4n) is 5.29. The molecule has 0 radical (unpaired) electrons. The van der Waals surface area contributed by atoms with E-state index in [0.29, 0.717) is 13.0 Å². The molecule has 3 unspecified atom stereocenters. The van der Waals surface area contributed by atoms with Crippen molar-refractivity contribution >= 4 is 17.5 Å². The van der Waals surface area contributed by atoms with Gasteiger partial charge in [0, 0.05) is 23.8 Å². The van der Waals surface area contributed by atoms with Gasteiger partial charge in [-0.2, -0.15) is 0 Å². The van der Waals surface area contributed by atoms with E-state index < -0.39 is 11.5 Å². The van der Waals surface area contributed by atoms with Crippen LogP contribution in [0.15, 0.2) is 48.5 Å². The number of anilines is 1. The first-order valence-electron chi connectivity index (χ1n) is 9.80. The molecule has 3 aliphatic heterocycles. The van der Waals surface area contributed by atoms with Crippen LogP contribution in [0, 0.1) is 11.7 Å². The zero-order valence-corrected chi connectivity index (χ0v) is 15.5. The molecule has 0 bridgehead atoms. The van der Waals surface area contributed by atoms with Crippen LogP contribution >= 0.6 is 0 Å². The lowest BCUT2D eigenvalue weighted by Gasteiger charge is -2.36. The molecule has 144 valence electrons. The van der Waals surface area contributed by atoms with Gasteiger partial charge < -0.3 is 10.6 Å². The molecule has 2 saturated heterocycles. The van der Waals surface area contributed by atoms with Gasteiger partial charge >= 0.3 is 0 Å². The van der Waals surface area contributed by atoms with Crippen molar-refractivity contribution in [1.82, 2.24) is 10.2 Å². The van der Waals surface area contributed by atoms with Gasteiger partial charge in [-0.15, -0.1) is 0 Å². The van der Waals surface area contributed by atoms with Crippen LogP contribution in [-0.4, -0.2) is 29.3 Å². The van der Waals surface area contributed by atoms with Crippen molar-refractivity contribution in [3.05, 3.63) is 65.5 Å². The number of nitrogens with one attached hydrogen (secondary N) is 2. The molecule has 3 atom stereocenters. The Morgan fingerprint density at radius 2 is 2.00 bits per heavy atom. The van der Waals surface area contributed by atoms with Crippen LogP contribution < -0.4 is 10.6 Å². The normalized spacial score (nSPS) is 28.2. The first-order valence-corrected chi connectivity index (χ1v) is 9.80. The second-order valence-corrected chi connectivity index (χ2v) is 7.89. The Morgan fingerprint density at radius 3 is 2.82 bits per heavy atom. The number of benzene rings is 2. The van der Waals surface area contributed by atoms with E-state index in [1.807, 2.05) is 24.3 Å². The molecule has 2 aromatic rings. The average Bonchev–Trinajstić information content (AvgIpc) is 3.36. The minimum absolute atomic E-state index is 0.0972. The number of carbonyl (C=O) groups is 2. The summed E-state index contributed by atoms with van der Waals surface area (Å²) in [6.45, 7) is 1.15. The Morgan fingerprint density at radius 1 is 1.21 bits per heavy atom. The van der Waals surface area contributed by atoms with E-state index in [0.717, 1.165) is 36.2 Å². The molecule has 3 aliphatic rings. The molecule has 1 spiro atoms. The summed E-state index contributed by atoms with van der Waals surface area (Å²) < 4.78 is 13.1. The lowest BCUT2D eigenvalue weighted by Crippen LogP contribution is -2.54. The zero-order valence-electron chi connectivity index (χ0n) is 15.5. The smallest absolute Gasteiger partial charge is 0.250 e. The highest BCUT2D eigenvalue weighted by molar-refractivity contribution is 6.09. The molecular formula is C22H22FN3O2. The predicted octanol–water partition coefficient (Wildman–Crippen LogP) is 2.77. The van der Waals surface area contributed by atoms with E-state index in [4.69, 9.17) is 0 Å². The Hall–Kier alpha value is -2.73. The standard InChI is InChI=1S/C22H22FN3O2/c23-15-9-7-14(8-10-15)13-24-20(27)18-12-16-4-3-11-26(16)22(18)17-5-1-2-6-19(17)25-21(22)28/h1-2,5-10,16,18H,3-4,11-13H2,(H,24,27)(H,25,28). The molecule has 28 heavy (non-hydrogen) atoms. The number of rotatable bonds is 3. The number of amides is 2. The molecule has 0 aliphatic carbocycles. The maximum absolute atomic E-state index is 13.3. The Kier molecular flexibility index (Phi) is 3.98. The highest BCUT2D eigenvalue weighted by Gasteiger charge is 2.65. The number of carbonyl (C=O) groups excluding carboxylic acids is 2. The number of hydrogen-bond donors (Lipinski definition) is 2. The minimum atomic E-state index is -0.926. The fourth-order valence-corrected chi connectivity index (χ4v) is 5.29. The van der Waals surface area contributed by atoms with Crippen LogP contribution in [0.3, 0.4) is 0 Å². The van der Waals surface area contributed by atoms with E-state index in [1.165, 1.54) is 12.1 Å². The van der Waals surface area contributed by atoms with Gasteiger partial charge in [-0.3, -0.25) is 14.5 Å². The van der Waals surface area contributed by atoms with Crippen molar-refractivity contribution < 1.29 is 14.0 Å². The maximum atomic E-state index is 13.3. The van der Waals surface area contributed by atoms with Crippen LogP contribution in [0.25, 0.3) is 0 Å². The van der Waals surface area contributed by atoms with E-state index in [-0.39, 0.29) is 23.7 Å². The molecule has 2 amide bonds. The number of nitrogens with zero attached hydrogens (tertiary/aromatic N) is 1. The minimum Gasteiger partial charge on any atom is -0.352 e. The van der Waals surface area contributed by atoms with Gasteiger partial charge in [-0.1, -0.05) is 30.3 Å². The molecule has 5 rings (SSSR count). The molecule has 2 N–H and O–H groups in total. The van der Waals surface area contributed by atoms with Crippen molar-refractivity contribution in [3.63, 3.8) is 0 Å². The third-order valence-corrected chi connectivity index (χ3v) is 6.47. The Balaban J connectivity index is 1.47. The molecule has 3 heterocycles. The van der Waals surface area contributed by atoms with Gasteiger partial charge in [0.15, 0.2) is 0 Å². The van der Waals surface area contributed by atoms with Crippen molar-refractivity contribution in [2.45, 2.75) is 37.4 Å². The topological polar surface area (TPSA) is 61.4 Å². The molecular weight excluding hydrogens is 357 g/mol. The van der Waals surface area contributed by atoms with Gasteiger partial charge in [0.25, 0.3) is 0 Å². The highest BCUT2D eigenvalue weighted by atomic mass is 19.1. The fraction of sp³-hybridized carbons (Fsp3) is 0.364. The second-order valence-electron chi connectivity index (χ2n) is 7.89. The number of para-hydroxylation sites is 1. The summed E-state index contributed by atoms with van der Waals surface area (Å²) in [5.41, 5.74) is 1.62. The lowest BCUT2D eigenvalue weighted by atomic mass is 9.78. The van der Waals surface area contributed by atoms with Gasteiger partial charge in [-0.25, -0.2) is 4.39 Å². The third-order valence-electron chi connectivity index (χ3n) is 6.47. The van der Waals surface area contributed by atoms with E-state index in [9.17, 15) is 14.0 Å². The van der Waals surface area contributed by atoms with Crippen molar-refractivity contribution in [2.24, 2.45) is 5.92 Å². The maximum Gasteiger partial charge on any atom is 0.250 e. The monoisotopic (exact) mass is 379 g/mol. The summed E-state index contributed by atoms with van der Waals surface area (Å²) in [7, 11) is 0. The van der Waals surface area contributed by atoms with Crippen LogP contribution in [-0.2, 0) is 21.7 Å². The summed E-state index contributed by atoms with van der Waals surface area (Å²) in [6.07, 6.45) is 2.74. The van der Waals surface area contributed by atoms with Gasteiger partial charge in [0.05, 0.1) is 5.92 Å². The number of hydrogen-bond acceptors (Lipinski definition) is 3. The Bertz CT molecular complexity index is 945. The van der Waals surface area contributed by atoms with Gasteiger partial charge in [0.1, 0.15) is 11.4 Å². The summed E-state index contributed by atoms with van der Waals surface area (Å²) in [5, 5.41) is 5.99. The molecule has 2 fully saturated rings. The van der Waals surface area contributed by atoms with E-state index >= 15 is 0 Å². The lowest BCUT2D eigenvalue weighted by molar-refractivity contribution is -0.137. The summed E-state index contributed by atoms with van der Waals surface area (Å²) in [4.78, 5) is 28.7. The molecule has 5 nitrogen and oxygen atoms in total.